The highest BCUT2D eigenvalue weighted by atomic mass is 79.9. The van der Waals surface area contributed by atoms with Crippen molar-refractivity contribution < 1.29 is 12.6 Å². The van der Waals surface area contributed by atoms with Crippen LogP contribution in [-0.4, -0.2) is 18.4 Å². The van der Waals surface area contributed by atoms with Gasteiger partial charge in [-0.05, 0) is 18.2 Å². The van der Waals surface area contributed by atoms with Crippen LogP contribution in [0.1, 0.15) is 6.92 Å². The molecule has 90 valence electrons. The van der Waals surface area contributed by atoms with Gasteiger partial charge in [0.15, 0.2) is 0 Å². The van der Waals surface area contributed by atoms with Crippen LogP contribution in [0.2, 0.25) is 0 Å². The Balaban J connectivity index is 3.50. The second-order valence-corrected chi connectivity index (χ2v) is 8.71. The summed E-state index contributed by atoms with van der Waals surface area (Å²) in [5, 5.41) is 0. The minimum absolute atomic E-state index is 0.0788. The molecule has 0 N–H and O–H groups in total. The zero-order valence-corrected chi connectivity index (χ0v) is 12.2. The monoisotopic (exact) mass is 345 g/mol. The van der Waals surface area contributed by atoms with Gasteiger partial charge in [-0.1, -0.05) is 32.7 Å². The third-order valence-electron chi connectivity index (χ3n) is 1.77. The topological polar surface area (TPSA) is 63.6 Å². The molecule has 0 heterocycles. The third-order valence-corrected chi connectivity index (χ3v) is 6.21. The van der Waals surface area contributed by atoms with E-state index in [1.54, 1.807) is 31.2 Å². The molecular formula is C8H9BrClNO3S2. The molecule has 0 amide bonds. The molecular weight excluding hydrogens is 338 g/mol. The van der Waals surface area contributed by atoms with Gasteiger partial charge in [-0.3, -0.25) is 0 Å². The van der Waals surface area contributed by atoms with Crippen LogP contribution in [-0.2, 0) is 19.0 Å². The summed E-state index contributed by atoms with van der Waals surface area (Å²) in [7, 11) is -2.16. The summed E-state index contributed by atoms with van der Waals surface area (Å²) in [6.07, 6.45) is 0. The van der Waals surface area contributed by atoms with Gasteiger partial charge in [0.25, 0.3) is 0 Å². The fourth-order valence-electron chi connectivity index (χ4n) is 1.07. The Bertz CT molecular complexity index is 605. The summed E-state index contributed by atoms with van der Waals surface area (Å²) in [5.41, 5.74) is 0. The number of halogens is 2. The van der Waals surface area contributed by atoms with Gasteiger partial charge < -0.3 is 0 Å². The fourth-order valence-corrected chi connectivity index (χ4v) is 5.29. The molecule has 0 radical (unpaired) electrons. The lowest BCUT2D eigenvalue weighted by Gasteiger charge is -2.06. The van der Waals surface area contributed by atoms with E-state index in [1.165, 1.54) is 0 Å². The molecule has 0 unspecified atom stereocenters. The number of nitrogens with zero attached hydrogens (tertiary/aromatic N) is 1. The predicted octanol–water partition coefficient (Wildman–Crippen LogP) is 2.78. The second-order valence-electron chi connectivity index (χ2n) is 2.87. The molecule has 0 saturated carbocycles. The summed E-state index contributed by atoms with van der Waals surface area (Å²) < 4.78 is 37.9. The van der Waals surface area contributed by atoms with Crippen LogP contribution in [0.4, 0.5) is 0 Å². The Kier molecular flexibility index (Phi) is 4.39. The molecule has 0 aliphatic rings. The highest BCUT2D eigenvalue weighted by Crippen LogP contribution is 2.21. The van der Waals surface area contributed by atoms with Crippen molar-refractivity contribution in [3.8, 4) is 0 Å². The summed E-state index contributed by atoms with van der Waals surface area (Å²) >= 11 is 3.21. The van der Waals surface area contributed by atoms with Gasteiger partial charge in [0.05, 0.1) is 9.73 Å². The van der Waals surface area contributed by atoms with Crippen LogP contribution in [0, 0.1) is 0 Å². The minimum atomic E-state index is -4.15. The van der Waals surface area contributed by atoms with Gasteiger partial charge in [0.2, 0.25) is 0 Å². The fraction of sp³-hybridized carbons (Fsp3) is 0.250. The van der Waals surface area contributed by atoms with Gasteiger partial charge in [-0.15, -0.1) is 0 Å². The lowest BCUT2D eigenvalue weighted by Crippen LogP contribution is -2.05. The van der Waals surface area contributed by atoms with E-state index in [-0.39, 0.29) is 5.75 Å². The largest absolute Gasteiger partial charge is 0.347 e. The van der Waals surface area contributed by atoms with E-state index in [0.717, 1.165) is 0 Å². The van der Waals surface area contributed by atoms with E-state index in [4.69, 9.17) is 10.7 Å². The van der Waals surface area contributed by atoms with Crippen molar-refractivity contribution in [1.29, 1.82) is 0 Å². The maximum Gasteiger partial charge on any atom is 0.347 e. The predicted molar refractivity (Wildman–Crippen MR) is 68.3 cm³/mol. The van der Waals surface area contributed by atoms with Crippen molar-refractivity contribution in [2.24, 2.45) is 3.77 Å². The summed E-state index contributed by atoms with van der Waals surface area (Å²) in [5.74, 6) is 0.0788. The highest BCUT2D eigenvalue weighted by molar-refractivity contribution is 9.10. The molecule has 0 aromatic heterocycles. The molecule has 0 aliphatic heterocycles. The summed E-state index contributed by atoms with van der Waals surface area (Å²) in [6.45, 7) is 1.59. The Hall–Kier alpha value is -0.110. The molecule has 0 aliphatic carbocycles. The van der Waals surface area contributed by atoms with Gasteiger partial charge in [0.1, 0.15) is 0 Å². The van der Waals surface area contributed by atoms with Gasteiger partial charge in [-0.2, -0.15) is 8.42 Å². The van der Waals surface area contributed by atoms with Crippen molar-refractivity contribution in [2.75, 3.05) is 5.75 Å². The average Bonchev–Trinajstić information content (AvgIpc) is 2.15. The number of rotatable bonds is 3. The standard InChI is InChI=1S/C8H9BrClNO3S2/c1-2-15(12,11-16(10,13)14)8-5-3-4-7(9)6-8/h3-6H,2H2,1H3/t15-/m0/s1. The molecule has 0 saturated heterocycles. The van der Waals surface area contributed by atoms with Crippen LogP contribution in [0.5, 0.6) is 0 Å². The first-order valence-corrected chi connectivity index (χ1v) is 8.97. The quantitative estimate of drug-likeness (QED) is 0.791. The Labute approximate surface area is 108 Å². The molecule has 1 aromatic carbocycles. The number of hydrogen-bond donors (Lipinski definition) is 0. The van der Waals surface area contributed by atoms with Crippen molar-refractivity contribution in [1.82, 2.24) is 0 Å². The van der Waals surface area contributed by atoms with E-state index in [0.29, 0.717) is 9.37 Å². The Morgan fingerprint density at radius 1 is 1.38 bits per heavy atom. The lowest BCUT2D eigenvalue weighted by atomic mass is 10.4. The lowest BCUT2D eigenvalue weighted by molar-refractivity contribution is 0.611. The van der Waals surface area contributed by atoms with E-state index >= 15 is 0 Å². The van der Waals surface area contributed by atoms with Gasteiger partial charge in [0, 0.05) is 25.8 Å². The third kappa shape index (κ3) is 3.73. The van der Waals surface area contributed by atoms with E-state index in [2.05, 4.69) is 19.7 Å². The number of benzene rings is 1. The van der Waals surface area contributed by atoms with Gasteiger partial charge in [-0.25, -0.2) is 4.21 Å². The first-order chi connectivity index (χ1) is 7.27. The van der Waals surface area contributed by atoms with Crippen LogP contribution in [0.25, 0.3) is 0 Å². The second kappa shape index (κ2) is 5.03. The zero-order chi connectivity index (χ0) is 12.4. The van der Waals surface area contributed by atoms with Crippen molar-refractivity contribution in [3.05, 3.63) is 28.7 Å². The SMILES string of the molecule is CC[S@@](=O)(=NS(=O)(=O)Cl)c1cccc(Br)c1. The smallest absolute Gasteiger partial charge is 0.244 e. The van der Waals surface area contributed by atoms with Crippen LogP contribution in [0.3, 0.4) is 0 Å². The average molecular weight is 347 g/mol. The minimum Gasteiger partial charge on any atom is -0.244 e. The first kappa shape index (κ1) is 14.0. The summed E-state index contributed by atoms with van der Waals surface area (Å²) in [6, 6.07) is 6.53. The van der Waals surface area contributed by atoms with Gasteiger partial charge >= 0.3 is 9.24 Å². The van der Waals surface area contributed by atoms with E-state index in [1.807, 2.05) is 0 Å². The van der Waals surface area contributed by atoms with Crippen LogP contribution >= 0.6 is 26.6 Å². The van der Waals surface area contributed by atoms with Crippen molar-refractivity contribution in [2.45, 2.75) is 11.8 Å². The normalized spacial score (nSPS) is 15.4. The maximum absolute atomic E-state index is 12.3. The molecule has 0 spiro atoms. The molecule has 0 fully saturated rings. The van der Waals surface area contributed by atoms with Crippen molar-refractivity contribution in [3.63, 3.8) is 0 Å². The molecule has 1 rings (SSSR count). The highest BCUT2D eigenvalue weighted by Gasteiger charge is 2.15. The maximum atomic E-state index is 12.3. The Morgan fingerprint density at radius 3 is 2.44 bits per heavy atom. The molecule has 1 atom stereocenters. The molecule has 1 aromatic rings. The van der Waals surface area contributed by atoms with Crippen molar-refractivity contribution >= 4 is 45.6 Å². The molecule has 16 heavy (non-hydrogen) atoms. The zero-order valence-electron chi connectivity index (χ0n) is 8.26. The molecule has 4 nitrogen and oxygen atoms in total. The summed E-state index contributed by atoms with van der Waals surface area (Å²) in [4.78, 5) is 0.341. The first-order valence-electron chi connectivity index (χ1n) is 4.23. The van der Waals surface area contributed by atoms with Crippen LogP contribution in [0.15, 0.2) is 37.4 Å². The van der Waals surface area contributed by atoms with E-state index < -0.39 is 19.0 Å². The number of hydrogen-bond acceptors (Lipinski definition) is 3. The van der Waals surface area contributed by atoms with E-state index in [9.17, 15) is 12.6 Å². The van der Waals surface area contributed by atoms with Crippen LogP contribution < -0.4 is 0 Å². The Morgan fingerprint density at radius 2 is 2.00 bits per heavy atom. The molecule has 8 heteroatoms. The molecule has 0 bridgehead atoms.